The highest BCUT2D eigenvalue weighted by Crippen LogP contribution is 2.44. The van der Waals surface area contributed by atoms with E-state index in [2.05, 4.69) is 0 Å². The van der Waals surface area contributed by atoms with Crippen molar-refractivity contribution >= 4 is 11.6 Å². The standard InChI is InChI=1S/C10H10ClO/c11-9-3-1-2-8(6-12)10(9)7-4-5-7/h1-3,6-7,12H,4-5H2. The maximum atomic E-state index is 8.94. The Kier molecular flexibility index (Phi) is 2.07. The second-order valence-corrected chi connectivity index (χ2v) is 3.55. The molecular weight excluding hydrogens is 172 g/mol. The van der Waals surface area contributed by atoms with Crippen LogP contribution in [-0.4, -0.2) is 5.11 Å². The van der Waals surface area contributed by atoms with Gasteiger partial charge in [0.1, 0.15) is 6.61 Å². The van der Waals surface area contributed by atoms with Crippen LogP contribution in [0.5, 0.6) is 0 Å². The molecule has 1 aliphatic carbocycles. The van der Waals surface area contributed by atoms with E-state index in [1.807, 2.05) is 18.2 Å². The zero-order valence-electron chi connectivity index (χ0n) is 6.63. The van der Waals surface area contributed by atoms with Crippen LogP contribution in [0.1, 0.15) is 29.9 Å². The lowest BCUT2D eigenvalue weighted by Gasteiger charge is -2.06. The molecule has 1 fully saturated rings. The Morgan fingerprint density at radius 1 is 1.42 bits per heavy atom. The lowest BCUT2D eigenvalue weighted by atomic mass is 10.0. The van der Waals surface area contributed by atoms with Gasteiger partial charge in [0.05, 0.1) is 0 Å². The van der Waals surface area contributed by atoms with Gasteiger partial charge in [-0.2, -0.15) is 0 Å². The van der Waals surface area contributed by atoms with Gasteiger partial charge in [-0.15, -0.1) is 0 Å². The summed E-state index contributed by atoms with van der Waals surface area (Å²) in [7, 11) is 0. The van der Waals surface area contributed by atoms with Crippen molar-refractivity contribution in [2.24, 2.45) is 0 Å². The monoisotopic (exact) mass is 181 g/mol. The third-order valence-electron chi connectivity index (χ3n) is 2.21. The first kappa shape index (κ1) is 8.09. The molecule has 1 aromatic carbocycles. The highest BCUT2D eigenvalue weighted by atomic mass is 35.5. The maximum absolute atomic E-state index is 8.94. The summed E-state index contributed by atoms with van der Waals surface area (Å²) in [6, 6.07) is 5.62. The fourth-order valence-corrected chi connectivity index (χ4v) is 1.81. The van der Waals surface area contributed by atoms with Gasteiger partial charge in [0.15, 0.2) is 0 Å². The summed E-state index contributed by atoms with van der Waals surface area (Å²) in [6.07, 6.45) is 2.40. The Morgan fingerprint density at radius 3 is 2.75 bits per heavy atom. The van der Waals surface area contributed by atoms with E-state index in [9.17, 15) is 0 Å². The van der Waals surface area contributed by atoms with E-state index in [1.54, 1.807) is 0 Å². The molecule has 0 unspecified atom stereocenters. The van der Waals surface area contributed by atoms with E-state index in [0.717, 1.165) is 22.8 Å². The van der Waals surface area contributed by atoms with Crippen LogP contribution in [0.25, 0.3) is 0 Å². The van der Waals surface area contributed by atoms with Crippen molar-refractivity contribution in [3.8, 4) is 0 Å². The maximum Gasteiger partial charge on any atom is 0.109 e. The molecule has 0 amide bonds. The smallest absolute Gasteiger partial charge is 0.109 e. The van der Waals surface area contributed by atoms with Crippen molar-refractivity contribution in [2.45, 2.75) is 18.8 Å². The lowest BCUT2D eigenvalue weighted by Crippen LogP contribution is -1.90. The quantitative estimate of drug-likeness (QED) is 0.744. The van der Waals surface area contributed by atoms with E-state index in [1.165, 1.54) is 12.8 Å². The average molecular weight is 182 g/mol. The van der Waals surface area contributed by atoms with E-state index in [4.69, 9.17) is 16.7 Å². The van der Waals surface area contributed by atoms with Gasteiger partial charge in [0.25, 0.3) is 0 Å². The fourth-order valence-electron chi connectivity index (χ4n) is 1.47. The van der Waals surface area contributed by atoms with Gasteiger partial charge < -0.3 is 5.11 Å². The van der Waals surface area contributed by atoms with Gasteiger partial charge in [0, 0.05) is 5.02 Å². The Bertz CT molecular complexity index is 292. The minimum Gasteiger partial charge on any atom is -0.385 e. The third kappa shape index (κ3) is 1.35. The van der Waals surface area contributed by atoms with Crippen LogP contribution < -0.4 is 0 Å². The van der Waals surface area contributed by atoms with Crippen molar-refractivity contribution in [2.75, 3.05) is 0 Å². The summed E-state index contributed by atoms with van der Waals surface area (Å²) in [6.45, 7) is 1.14. The minimum atomic E-state index is 0.581. The summed E-state index contributed by atoms with van der Waals surface area (Å²) >= 11 is 6.01. The van der Waals surface area contributed by atoms with Crippen LogP contribution in [0.15, 0.2) is 18.2 Å². The van der Waals surface area contributed by atoms with Crippen LogP contribution in [0.2, 0.25) is 5.02 Å². The van der Waals surface area contributed by atoms with Gasteiger partial charge in [-0.05, 0) is 36.0 Å². The van der Waals surface area contributed by atoms with E-state index in [0.29, 0.717) is 5.92 Å². The largest absolute Gasteiger partial charge is 0.385 e. The molecule has 0 heterocycles. The molecule has 1 aliphatic rings. The number of aliphatic hydroxyl groups is 1. The number of hydrogen-bond acceptors (Lipinski definition) is 1. The van der Waals surface area contributed by atoms with Gasteiger partial charge in [-0.3, -0.25) is 0 Å². The molecule has 2 rings (SSSR count). The Balaban J connectivity index is 2.45. The molecule has 63 valence electrons. The molecule has 1 saturated carbocycles. The van der Waals surface area contributed by atoms with Crippen LogP contribution in [0.3, 0.4) is 0 Å². The molecule has 12 heavy (non-hydrogen) atoms. The predicted octanol–water partition coefficient (Wildman–Crippen LogP) is 3.10. The highest BCUT2D eigenvalue weighted by molar-refractivity contribution is 6.31. The second-order valence-electron chi connectivity index (χ2n) is 3.15. The van der Waals surface area contributed by atoms with Crippen molar-refractivity contribution in [1.29, 1.82) is 0 Å². The summed E-state index contributed by atoms with van der Waals surface area (Å²) in [5.41, 5.74) is 1.98. The normalized spacial score (nSPS) is 16.5. The van der Waals surface area contributed by atoms with Crippen LogP contribution in [-0.2, 0) is 0 Å². The summed E-state index contributed by atoms with van der Waals surface area (Å²) < 4.78 is 0. The number of benzene rings is 1. The molecule has 2 heteroatoms. The topological polar surface area (TPSA) is 20.2 Å². The zero-order valence-corrected chi connectivity index (χ0v) is 7.38. The van der Waals surface area contributed by atoms with Crippen LogP contribution >= 0.6 is 11.6 Å². The number of aliphatic hydroxyl groups excluding tert-OH is 1. The number of halogens is 1. The van der Waals surface area contributed by atoms with Crippen LogP contribution in [0, 0.1) is 6.61 Å². The average Bonchev–Trinajstić information content (AvgIpc) is 2.87. The summed E-state index contributed by atoms with van der Waals surface area (Å²) in [5, 5.41) is 9.71. The first-order valence-corrected chi connectivity index (χ1v) is 4.46. The second kappa shape index (κ2) is 3.08. The predicted molar refractivity (Wildman–Crippen MR) is 48.8 cm³/mol. The zero-order chi connectivity index (χ0) is 8.55. The third-order valence-corrected chi connectivity index (χ3v) is 2.54. The summed E-state index contributed by atoms with van der Waals surface area (Å²) in [5.74, 6) is 0.581. The van der Waals surface area contributed by atoms with Crippen molar-refractivity contribution in [3.63, 3.8) is 0 Å². The lowest BCUT2D eigenvalue weighted by molar-refractivity contribution is 0.413. The SMILES string of the molecule is O[CH]c1cccc(Cl)c1C1CC1. The van der Waals surface area contributed by atoms with E-state index >= 15 is 0 Å². The van der Waals surface area contributed by atoms with Gasteiger partial charge >= 0.3 is 0 Å². The van der Waals surface area contributed by atoms with Gasteiger partial charge in [-0.25, -0.2) is 0 Å². The molecule has 1 radical (unpaired) electrons. The first-order valence-electron chi connectivity index (χ1n) is 4.09. The van der Waals surface area contributed by atoms with Crippen molar-refractivity contribution in [3.05, 3.63) is 41.0 Å². The molecule has 0 spiro atoms. The minimum absolute atomic E-state index is 0.581. The Morgan fingerprint density at radius 2 is 2.17 bits per heavy atom. The van der Waals surface area contributed by atoms with Crippen molar-refractivity contribution in [1.82, 2.24) is 0 Å². The van der Waals surface area contributed by atoms with E-state index < -0.39 is 0 Å². The number of hydrogen-bond donors (Lipinski definition) is 1. The molecule has 1 nitrogen and oxygen atoms in total. The highest BCUT2D eigenvalue weighted by Gasteiger charge is 2.27. The van der Waals surface area contributed by atoms with Crippen molar-refractivity contribution < 1.29 is 5.11 Å². The molecule has 0 aromatic heterocycles. The summed E-state index contributed by atoms with van der Waals surface area (Å²) in [4.78, 5) is 0. The molecule has 0 bridgehead atoms. The Hall–Kier alpha value is -0.530. The van der Waals surface area contributed by atoms with Gasteiger partial charge in [0.2, 0.25) is 0 Å². The Labute approximate surface area is 77.0 Å². The molecular formula is C10H10ClO. The fraction of sp³-hybridized carbons (Fsp3) is 0.300. The first-order chi connectivity index (χ1) is 5.83. The molecule has 1 aromatic rings. The molecule has 1 N–H and O–H groups in total. The molecule has 0 saturated heterocycles. The van der Waals surface area contributed by atoms with Crippen LogP contribution in [0.4, 0.5) is 0 Å². The van der Waals surface area contributed by atoms with Gasteiger partial charge in [-0.1, -0.05) is 23.7 Å². The van der Waals surface area contributed by atoms with E-state index in [-0.39, 0.29) is 0 Å². The molecule has 0 atom stereocenters. The number of rotatable bonds is 2. The molecule has 0 aliphatic heterocycles.